The number of pyridine rings is 1. The van der Waals surface area contributed by atoms with Crippen LogP contribution >= 0.6 is 24.0 Å². The average molecular weight is 540 g/mol. The highest BCUT2D eigenvalue weighted by Crippen LogP contribution is 2.23. The number of aryl methyl sites for hydroxylation is 2. The second kappa shape index (κ2) is 12.3. The third-order valence-electron chi connectivity index (χ3n) is 5.71. The standard InChI is InChI=1S/C23H36N6O.HI/c1-6-24-23(27-16(2)13-21-17(3)28-29(5)18(21)4)26-15-19-11-12-25-22(14-19)30-20-9-7-8-10-20;/h11-12,14,16,20H,6-10,13,15H2,1-5H3,(H2,24,26,27);1H. The number of nitrogens with one attached hydrogen (secondary N) is 2. The van der Waals surface area contributed by atoms with Gasteiger partial charge in [0.1, 0.15) is 6.10 Å². The maximum Gasteiger partial charge on any atom is 0.213 e. The summed E-state index contributed by atoms with van der Waals surface area (Å²) in [7, 11) is 1.99. The first-order valence-electron chi connectivity index (χ1n) is 11.1. The van der Waals surface area contributed by atoms with Gasteiger partial charge in [-0.1, -0.05) is 0 Å². The highest BCUT2D eigenvalue weighted by atomic mass is 127. The fourth-order valence-electron chi connectivity index (χ4n) is 3.98. The molecule has 1 atom stereocenters. The first-order valence-corrected chi connectivity index (χ1v) is 11.1. The van der Waals surface area contributed by atoms with Gasteiger partial charge in [0.15, 0.2) is 5.96 Å². The summed E-state index contributed by atoms with van der Waals surface area (Å²) in [5.41, 5.74) is 4.71. The van der Waals surface area contributed by atoms with Crippen molar-refractivity contribution in [1.29, 1.82) is 0 Å². The smallest absolute Gasteiger partial charge is 0.213 e. The molecule has 0 radical (unpaired) electrons. The Morgan fingerprint density at radius 1 is 1.32 bits per heavy atom. The Balaban J connectivity index is 0.00000341. The van der Waals surface area contributed by atoms with Crippen molar-refractivity contribution in [3.8, 4) is 5.88 Å². The van der Waals surface area contributed by atoms with E-state index in [1.807, 2.05) is 30.1 Å². The zero-order valence-corrected chi connectivity index (χ0v) is 21.8. The maximum absolute atomic E-state index is 6.03. The number of ether oxygens (including phenoxy) is 1. The molecule has 0 bridgehead atoms. The lowest BCUT2D eigenvalue weighted by molar-refractivity contribution is 0.201. The van der Waals surface area contributed by atoms with Crippen LogP contribution in [0.25, 0.3) is 0 Å². The number of hydrogen-bond donors (Lipinski definition) is 2. The SMILES string of the molecule is CCNC(=NCc1ccnc(OC2CCCC2)c1)NC(C)Cc1c(C)nn(C)c1C.I. The van der Waals surface area contributed by atoms with Gasteiger partial charge < -0.3 is 15.4 Å². The lowest BCUT2D eigenvalue weighted by Gasteiger charge is -2.18. The van der Waals surface area contributed by atoms with Gasteiger partial charge >= 0.3 is 0 Å². The van der Waals surface area contributed by atoms with Gasteiger partial charge in [-0.05, 0) is 77.0 Å². The summed E-state index contributed by atoms with van der Waals surface area (Å²) in [6.07, 6.45) is 7.80. The van der Waals surface area contributed by atoms with Gasteiger partial charge in [0.05, 0.1) is 12.2 Å². The van der Waals surface area contributed by atoms with Crippen LogP contribution in [0.5, 0.6) is 5.88 Å². The molecule has 0 aliphatic heterocycles. The molecule has 0 spiro atoms. The van der Waals surface area contributed by atoms with E-state index in [9.17, 15) is 0 Å². The number of aliphatic imine (C=N–C) groups is 1. The molecule has 2 aromatic rings. The molecule has 2 heterocycles. The number of hydrogen-bond acceptors (Lipinski definition) is 4. The van der Waals surface area contributed by atoms with Crippen LogP contribution < -0.4 is 15.4 Å². The summed E-state index contributed by atoms with van der Waals surface area (Å²) < 4.78 is 7.98. The van der Waals surface area contributed by atoms with Crippen LogP contribution in [-0.2, 0) is 20.0 Å². The molecule has 0 saturated heterocycles. The van der Waals surface area contributed by atoms with E-state index in [-0.39, 0.29) is 30.0 Å². The molecule has 1 aliphatic rings. The van der Waals surface area contributed by atoms with Gasteiger partial charge in [0.25, 0.3) is 0 Å². The minimum Gasteiger partial charge on any atom is -0.474 e. The predicted octanol–water partition coefficient (Wildman–Crippen LogP) is 4.06. The van der Waals surface area contributed by atoms with Crippen molar-refractivity contribution in [3.63, 3.8) is 0 Å². The summed E-state index contributed by atoms with van der Waals surface area (Å²) >= 11 is 0. The van der Waals surface area contributed by atoms with Crippen molar-refractivity contribution >= 4 is 29.9 Å². The first kappa shape index (κ1) is 25.4. The fraction of sp³-hybridized carbons (Fsp3) is 0.609. The van der Waals surface area contributed by atoms with E-state index < -0.39 is 0 Å². The number of nitrogens with zero attached hydrogens (tertiary/aromatic N) is 4. The van der Waals surface area contributed by atoms with E-state index in [1.54, 1.807) is 0 Å². The van der Waals surface area contributed by atoms with Gasteiger partial charge in [0.2, 0.25) is 5.88 Å². The van der Waals surface area contributed by atoms with Gasteiger partial charge in [-0.15, -0.1) is 24.0 Å². The number of rotatable bonds is 8. The summed E-state index contributed by atoms with van der Waals surface area (Å²) in [5, 5.41) is 11.4. The second-order valence-electron chi connectivity index (χ2n) is 8.24. The molecular formula is C23H37IN6O. The normalized spacial score (nSPS) is 15.5. The van der Waals surface area contributed by atoms with E-state index in [0.717, 1.165) is 43.0 Å². The molecule has 2 N–H and O–H groups in total. The van der Waals surface area contributed by atoms with Gasteiger partial charge in [-0.2, -0.15) is 5.10 Å². The second-order valence-corrected chi connectivity index (χ2v) is 8.24. The summed E-state index contributed by atoms with van der Waals surface area (Å²) in [4.78, 5) is 9.15. The topological polar surface area (TPSA) is 76.4 Å². The third kappa shape index (κ3) is 7.36. The van der Waals surface area contributed by atoms with Crippen LogP contribution in [0.4, 0.5) is 0 Å². The molecule has 3 rings (SSSR count). The molecule has 1 saturated carbocycles. The molecule has 0 amide bonds. The molecule has 1 fully saturated rings. The highest BCUT2D eigenvalue weighted by Gasteiger charge is 2.17. The van der Waals surface area contributed by atoms with Crippen molar-refractivity contribution in [2.24, 2.45) is 12.0 Å². The molecular weight excluding hydrogens is 503 g/mol. The van der Waals surface area contributed by atoms with Gasteiger partial charge in [-0.3, -0.25) is 4.68 Å². The van der Waals surface area contributed by atoms with E-state index in [0.29, 0.717) is 18.5 Å². The summed E-state index contributed by atoms with van der Waals surface area (Å²) in [6.45, 7) is 9.85. The van der Waals surface area contributed by atoms with Crippen LogP contribution in [0.2, 0.25) is 0 Å². The Hall–Kier alpha value is -1.84. The Morgan fingerprint density at radius 2 is 2.06 bits per heavy atom. The molecule has 2 aromatic heterocycles. The van der Waals surface area contributed by atoms with Crippen molar-refractivity contribution in [1.82, 2.24) is 25.4 Å². The zero-order chi connectivity index (χ0) is 21.5. The average Bonchev–Trinajstić information content (AvgIpc) is 3.30. The molecule has 1 unspecified atom stereocenters. The Morgan fingerprint density at radius 3 is 2.71 bits per heavy atom. The van der Waals surface area contributed by atoms with Crippen LogP contribution in [0.1, 0.15) is 62.0 Å². The van der Waals surface area contributed by atoms with E-state index in [2.05, 4.69) is 48.4 Å². The first-order chi connectivity index (χ1) is 14.5. The van der Waals surface area contributed by atoms with E-state index >= 15 is 0 Å². The lowest BCUT2D eigenvalue weighted by Crippen LogP contribution is -2.43. The van der Waals surface area contributed by atoms with Crippen molar-refractivity contribution in [2.75, 3.05) is 6.54 Å². The number of aromatic nitrogens is 3. The number of halogens is 1. The zero-order valence-electron chi connectivity index (χ0n) is 19.4. The van der Waals surface area contributed by atoms with E-state index in [1.165, 1.54) is 24.1 Å². The summed E-state index contributed by atoms with van der Waals surface area (Å²) in [6, 6.07) is 4.25. The minimum atomic E-state index is 0. The Labute approximate surface area is 203 Å². The predicted molar refractivity (Wildman–Crippen MR) is 136 cm³/mol. The third-order valence-corrected chi connectivity index (χ3v) is 5.71. The van der Waals surface area contributed by atoms with Crippen molar-refractivity contribution < 1.29 is 4.74 Å². The largest absolute Gasteiger partial charge is 0.474 e. The monoisotopic (exact) mass is 540 g/mol. The molecule has 7 nitrogen and oxygen atoms in total. The van der Waals surface area contributed by atoms with Crippen LogP contribution in [0.3, 0.4) is 0 Å². The number of guanidine groups is 1. The fourth-order valence-corrected chi connectivity index (χ4v) is 3.98. The molecule has 31 heavy (non-hydrogen) atoms. The Kier molecular flexibility index (Phi) is 10.1. The quantitative estimate of drug-likeness (QED) is 0.300. The molecule has 0 aromatic carbocycles. The highest BCUT2D eigenvalue weighted by molar-refractivity contribution is 14.0. The van der Waals surface area contributed by atoms with Crippen LogP contribution in [-0.4, -0.2) is 39.4 Å². The Bertz CT molecular complexity index is 860. The molecule has 1 aliphatic carbocycles. The van der Waals surface area contributed by atoms with Crippen LogP contribution in [0, 0.1) is 13.8 Å². The summed E-state index contributed by atoms with van der Waals surface area (Å²) in [5.74, 6) is 1.53. The lowest BCUT2D eigenvalue weighted by atomic mass is 10.1. The van der Waals surface area contributed by atoms with Crippen LogP contribution in [0.15, 0.2) is 23.3 Å². The van der Waals surface area contributed by atoms with E-state index in [4.69, 9.17) is 9.73 Å². The maximum atomic E-state index is 6.03. The molecule has 172 valence electrons. The van der Waals surface area contributed by atoms with Crippen molar-refractivity contribution in [2.45, 2.75) is 78.5 Å². The van der Waals surface area contributed by atoms with Gasteiger partial charge in [0, 0.05) is 37.6 Å². The minimum absolute atomic E-state index is 0. The van der Waals surface area contributed by atoms with Gasteiger partial charge in [-0.25, -0.2) is 9.98 Å². The molecule has 8 heteroatoms. The van der Waals surface area contributed by atoms with Crippen molar-refractivity contribution in [3.05, 3.63) is 40.8 Å².